The molecule has 0 spiro atoms. The van der Waals surface area contributed by atoms with Gasteiger partial charge in [0.1, 0.15) is 0 Å². The number of hydrogen-bond donors (Lipinski definition) is 2. The SMILES string of the molecule is CNCC1(CNCCc2ccc(C)cc2)CCC1. The average Bonchev–Trinajstić information content (AvgIpc) is 2.33. The van der Waals surface area contributed by atoms with Gasteiger partial charge in [-0.15, -0.1) is 0 Å². The monoisotopic (exact) mass is 246 g/mol. The smallest absolute Gasteiger partial charge is 0.00201 e. The molecule has 0 aromatic heterocycles. The summed E-state index contributed by atoms with van der Waals surface area (Å²) in [6.45, 7) is 5.55. The van der Waals surface area contributed by atoms with E-state index in [1.165, 1.54) is 36.9 Å². The van der Waals surface area contributed by atoms with Crippen LogP contribution >= 0.6 is 0 Å². The Labute approximate surface area is 111 Å². The van der Waals surface area contributed by atoms with Crippen molar-refractivity contribution in [2.75, 3.05) is 26.7 Å². The second-order valence-electron chi connectivity index (χ2n) is 5.80. The zero-order valence-electron chi connectivity index (χ0n) is 11.8. The van der Waals surface area contributed by atoms with E-state index in [0.717, 1.165) is 19.5 Å². The Morgan fingerprint density at radius 2 is 1.83 bits per heavy atom. The molecular formula is C16H26N2. The maximum absolute atomic E-state index is 3.64. The fraction of sp³-hybridized carbons (Fsp3) is 0.625. The van der Waals surface area contributed by atoms with Crippen LogP contribution in [0.2, 0.25) is 0 Å². The van der Waals surface area contributed by atoms with Crippen LogP contribution < -0.4 is 10.6 Å². The third-order valence-electron chi connectivity index (χ3n) is 4.18. The number of aryl methyl sites for hydroxylation is 1. The third-order valence-corrected chi connectivity index (χ3v) is 4.18. The first-order valence-corrected chi connectivity index (χ1v) is 7.15. The quantitative estimate of drug-likeness (QED) is 0.722. The maximum atomic E-state index is 3.64. The molecule has 0 saturated heterocycles. The fourth-order valence-electron chi connectivity index (χ4n) is 2.81. The highest BCUT2D eigenvalue weighted by Crippen LogP contribution is 2.39. The fourth-order valence-corrected chi connectivity index (χ4v) is 2.81. The van der Waals surface area contributed by atoms with Gasteiger partial charge in [0, 0.05) is 13.1 Å². The lowest BCUT2D eigenvalue weighted by Gasteiger charge is -2.42. The van der Waals surface area contributed by atoms with Crippen LogP contribution in [0, 0.1) is 12.3 Å². The molecular weight excluding hydrogens is 220 g/mol. The van der Waals surface area contributed by atoms with Gasteiger partial charge in [-0.2, -0.15) is 0 Å². The van der Waals surface area contributed by atoms with Gasteiger partial charge in [-0.25, -0.2) is 0 Å². The minimum Gasteiger partial charge on any atom is -0.319 e. The lowest BCUT2D eigenvalue weighted by molar-refractivity contribution is 0.131. The highest BCUT2D eigenvalue weighted by Gasteiger charge is 2.35. The molecule has 2 heteroatoms. The van der Waals surface area contributed by atoms with E-state index in [4.69, 9.17) is 0 Å². The molecule has 1 saturated carbocycles. The first-order valence-electron chi connectivity index (χ1n) is 7.15. The molecule has 100 valence electrons. The van der Waals surface area contributed by atoms with Gasteiger partial charge in [-0.1, -0.05) is 36.2 Å². The van der Waals surface area contributed by atoms with E-state index in [1.54, 1.807) is 0 Å². The van der Waals surface area contributed by atoms with Crippen LogP contribution in [0.5, 0.6) is 0 Å². The molecule has 0 unspecified atom stereocenters. The molecule has 0 amide bonds. The predicted octanol–water partition coefficient (Wildman–Crippen LogP) is 2.52. The number of rotatable bonds is 7. The summed E-state index contributed by atoms with van der Waals surface area (Å²) in [7, 11) is 2.06. The average molecular weight is 246 g/mol. The van der Waals surface area contributed by atoms with Crippen LogP contribution in [0.25, 0.3) is 0 Å². The van der Waals surface area contributed by atoms with Crippen LogP contribution in [-0.2, 0) is 6.42 Å². The van der Waals surface area contributed by atoms with Crippen molar-refractivity contribution in [2.24, 2.45) is 5.41 Å². The normalized spacial score (nSPS) is 17.4. The second kappa shape index (κ2) is 6.35. The largest absolute Gasteiger partial charge is 0.319 e. The third kappa shape index (κ3) is 3.56. The van der Waals surface area contributed by atoms with E-state index in [2.05, 4.69) is 48.9 Å². The molecule has 1 aliphatic rings. The van der Waals surface area contributed by atoms with Gasteiger partial charge in [0.05, 0.1) is 0 Å². The predicted molar refractivity (Wildman–Crippen MR) is 78.0 cm³/mol. The van der Waals surface area contributed by atoms with Crippen molar-refractivity contribution in [1.82, 2.24) is 10.6 Å². The standard InChI is InChI=1S/C16H26N2/c1-14-4-6-15(7-5-14)8-11-18-13-16(12-17-2)9-3-10-16/h4-7,17-18H,3,8-13H2,1-2H3. The topological polar surface area (TPSA) is 24.1 Å². The van der Waals surface area contributed by atoms with Gasteiger partial charge in [0.15, 0.2) is 0 Å². The van der Waals surface area contributed by atoms with Gasteiger partial charge in [-0.05, 0) is 50.8 Å². The Morgan fingerprint density at radius 1 is 1.11 bits per heavy atom. The molecule has 2 N–H and O–H groups in total. The summed E-state index contributed by atoms with van der Waals surface area (Å²) < 4.78 is 0. The van der Waals surface area contributed by atoms with Crippen LogP contribution in [0.1, 0.15) is 30.4 Å². The summed E-state index contributed by atoms with van der Waals surface area (Å²) in [6, 6.07) is 8.88. The first kappa shape index (κ1) is 13.6. The van der Waals surface area contributed by atoms with E-state index in [-0.39, 0.29) is 0 Å². The van der Waals surface area contributed by atoms with Gasteiger partial charge in [-0.3, -0.25) is 0 Å². The van der Waals surface area contributed by atoms with Crippen molar-refractivity contribution >= 4 is 0 Å². The summed E-state index contributed by atoms with van der Waals surface area (Å²) >= 11 is 0. The van der Waals surface area contributed by atoms with Crippen LogP contribution in [0.3, 0.4) is 0 Å². The molecule has 1 fully saturated rings. The van der Waals surface area contributed by atoms with E-state index < -0.39 is 0 Å². The summed E-state index contributed by atoms with van der Waals surface area (Å²) in [4.78, 5) is 0. The number of benzene rings is 1. The molecule has 0 aliphatic heterocycles. The van der Waals surface area contributed by atoms with Gasteiger partial charge >= 0.3 is 0 Å². The molecule has 1 aromatic rings. The summed E-state index contributed by atoms with van der Waals surface area (Å²) in [5.74, 6) is 0. The molecule has 0 radical (unpaired) electrons. The zero-order chi connectivity index (χ0) is 12.8. The van der Waals surface area contributed by atoms with Crippen molar-refractivity contribution in [3.05, 3.63) is 35.4 Å². The highest BCUT2D eigenvalue weighted by molar-refractivity contribution is 5.21. The van der Waals surface area contributed by atoms with Gasteiger partial charge < -0.3 is 10.6 Å². The minimum atomic E-state index is 0.544. The molecule has 0 atom stereocenters. The van der Waals surface area contributed by atoms with E-state index in [0.29, 0.717) is 5.41 Å². The summed E-state index contributed by atoms with van der Waals surface area (Å²) in [5, 5.41) is 6.97. The lowest BCUT2D eigenvalue weighted by atomic mass is 9.68. The van der Waals surface area contributed by atoms with Crippen molar-refractivity contribution in [3.63, 3.8) is 0 Å². The van der Waals surface area contributed by atoms with Crippen LogP contribution in [0.4, 0.5) is 0 Å². The Kier molecular flexibility index (Phi) is 4.79. The first-order chi connectivity index (χ1) is 8.74. The number of hydrogen-bond acceptors (Lipinski definition) is 2. The zero-order valence-corrected chi connectivity index (χ0v) is 11.8. The Balaban J connectivity index is 1.68. The molecule has 1 aliphatic carbocycles. The Hall–Kier alpha value is -0.860. The molecule has 0 bridgehead atoms. The molecule has 1 aromatic carbocycles. The van der Waals surface area contributed by atoms with E-state index >= 15 is 0 Å². The second-order valence-corrected chi connectivity index (χ2v) is 5.80. The van der Waals surface area contributed by atoms with Crippen molar-refractivity contribution in [3.8, 4) is 0 Å². The maximum Gasteiger partial charge on any atom is 0.00201 e. The summed E-state index contributed by atoms with van der Waals surface area (Å²) in [6.07, 6.45) is 5.30. The van der Waals surface area contributed by atoms with Crippen molar-refractivity contribution in [2.45, 2.75) is 32.6 Å². The molecule has 2 rings (SSSR count). The van der Waals surface area contributed by atoms with Crippen LogP contribution in [0.15, 0.2) is 24.3 Å². The van der Waals surface area contributed by atoms with Crippen molar-refractivity contribution < 1.29 is 0 Å². The van der Waals surface area contributed by atoms with E-state index in [9.17, 15) is 0 Å². The Bertz CT molecular complexity index is 352. The summed E-state index contributed by atoms with van der Waals surface area (Å²) in [5.41, 5.74) is 3.32. The van der Waals surface area contributed by atoms with Gasteiger partial charge in [0.25, 0.3) is 0 Å². The lowest BCUT2D eigenvalue weighted by Crippen LogP contribution is -2.46. The molecule has 2 nitrogen and oxygen atoms in total. The number of nitrogens with one attached hydrogen (secondary N) is 2. The Morgan fingerprint density at radius 3 is 2.39 bits per heavy atom. The van der Waals surface area contributed by atoms with Crippen LogP contribution in [-0.4, -0.2) is 26.7 Å². The van der Waals surface area contributed by atoms with E-state index in [1.807, 2.05) is 0 Å². The highest BCUT2D eigenvalue weighted by atomic mass is 14.9. The van der Waals surface area contributed by atoms with Crippen molar-refractivity contribution in [1.29, 1.82) is 0 Å². The van der Waals surface area contributed by atoms with Gasteiger partial charge in [0.2, 0.25) is 0 Å². The molecule has 18 heavy (non-hydrogen) atoms. The minimum absolute atomic E-state index is 0.544. The molecule has 0 heterocycles.